The number of nitrogens with zero attached hydrogens (tertiary/aromatic N) is 1. The Balaban J connectivity index is 2.38. The Bertz CT molecular complexity index is 853. The van der Waals surface area contributed by atoms with Crippen molar-refractivity contribution < 1.29 is 17.2 Å². The fourth-order valence-electron chi connectivity index (χ4n) is 1.82. The van der Waals surface area contributed by atoms with Gasteiger partial charge in [-0.3, -0.25) is 0 Å². The van der Waals surface area contributed by atoms with Gasteiger partial charge in [0.1, 0.15) is 22.6 Å². The predicted octanol–water partition coefficient (Wildman–Crippen LogP) is 3.44. The zero-order chi connectivity index (χ0) is 16.2. The summed E-state index contributed by atoms with van der Waals surface area (Å²) in [5, 5.41) is 9.05. The molecule has 0 unspecified atom stereocenters. The Labute approximate surface area is 127 Å². The molecule has 0 bridgehead atoms. The first-order valence-electron chi connectivity index (χ1n) is 6.26. The van der Waals surface area contributed by atoms with Crippen LogP contribution in [0.1, 0.15) is 11.1 Å². The van der Waals surface area contributed by atoms with Crippen LogP contribution in [0, 0.1) is 23.0 Å². The molecule has 0 aliphatic heterocycles. The van der Waals surface area contributed by atoms with E-state index >= 15 is 0 Å². The van der Waals surface area contributed by atoms with Crippen molar-refractivity contribution in [3.05, 3.63) is 76.2 Å². The summed E-state index contributed by atoms with van der Waals surface area (Å²) in [4.78, 5) is -0.568. The van der Waals surface area contributed by atoms with E-state index in [0.29, 0.717) is 11.6 Å². The SMILES string of the molecule is N#C/C(=C/c1ccc(F)cc1F)S(=O)(=O)Cc1ccccc1. The minimum atomic E-state index is -3.91. The molecular formula is C16H11F2NO2S. The molecule has 112 valence electrons. The largest absolute Gasteiger partial charge is 0.223 e. The third kappa shape index (κ3) is 3.77. The van der Waals surface area contributed by atoms with Gasteiger partial charge >= 0.3 is 0 Å². The third-order valence-electron chi connectivity index (χ3n) is 2.89. The molecule has 0 saturated carbocycles. The van der Waals surface area contributed by atoms with Crippen LogP contribution in [0.2, 0.25) is 0 Å². The summed E-state index contributed by atoms with van der Waals surface area (Å²) >= 11 is 0. The molecule has 0 saturated heterocycles. The van der Waals surface area contributed by atoms with Crippen molar-refractivity contribution in [3.8, 4) is 6.07 Å². The Morgan fingerprint density at radius 3 is 2.41 bits per heavy atom. The second kappa shape index (κ2) is 6.50. The van der Waals surface area contributed by atoms with E-state index in [9.17, 15) is 17.2 Å². The fourth-order valence-corrected chi connectivity index (χ4v) is 3.06. The standard InChI is InChI=1S/C16H11F2NO2S/c17-14-7-6-13(16(18)9-14)8-15(10-19)22(20,21)11-12-4-2-1-3-5-12/h1-9H,11H2/b15-8-. The second-order valence-corrected chi connectivity index (χ2v) is 6.49. The highest BCUT2D eigenvalue weighted by Crippen LogP contribution is 2.19. The predicted molar refractivity (Wildman–Crippen MR) is 79.0 cm³/mol. The number of hydrogen-bond donors (Lipinski definition) is 0. The quantitative estimate of drug-likeness (QED) is 0.811. The molecule has 0 N–H and O–H groups in total. The second-order valence-electron chi connectivity index (χ2n) is 4.53. The van der Waals surface area contributed by atoms with E-state index in [-0.39, 0.29) is 11.3 Å². The van der Waals surface area contributed by atoms with Crippen molar-refractivity contribution in [2.45, 2.75) is 5.75 Å². The van der Waals surface area contributed by atoms with Gasteiger partial charge in [0.2, 0.25) is 0 Å². The van der Waals surface area contributed by atoms with E-state index < -0.39 is 26.4 Å². The topological polar surface area (TPSA) is 57.9 Å². The van der Waals surface area contributed by atoms with Gasteiger partial charge in [-0.05, 0) is 23.8 Å². The number of sulfone groups is 1. The summed E-state index contributed by atoms with van der Waals surface area (Å²) in [6, 6.07) is 12.6. The highest BCUT2D eigenvalue weighted by molar-refractivity contribution is 7.95. The van der Waals surface area contributed by atoms with E-state index in [4.69, 9.17) is 5.26 Å². The summed E-state index contributed by atoms with van der Waals surface area (Å²) < 4.78 is 50.9. The zero-order valence-electron chi connectivity index (χ0n) is 11.3. The number of halogens is 2. The summed E-state index contributed by atoms with van der Waals surface area (Å²) in [7, 11) is -3.91. The van der Waals surface area contributed by atoms with Crippen LogP contribution < -0.4 is 0 Å². The van der Waals surface area contributed by atoms with Gasteiger partial charge < -0.3 is 0 Å². The molecule has 0 aliphatic rings. The highest BCUT2D eigenvalue weighted by Gasteiger charge is 2.19. The molecule has 0 amide bonds. The smallest absolute Gasteiger partial charge is 0.192 e. The molecule has 0 aromatic heterocycles. The molecule has 0 atom stereocenters. The Morgan fingerprint density at radius 1 is 1.14 bits per heavy atom. The summed E-state index contributed by atoms with van der Waals surface area (Å²) in [6.45, 7) is 0. The van der Waals surface area contributed by atoms with Crippen LogP contribution in [0.15, 0.2) is 53.4 Å². The van der Waals surface area contributed by atoms with Crippen LogP contribution in [0.5, 0.6) is 0 Å². The Kier molecular flexibility index (Phi) is 4.68. The first-order valence-corrected chi connectivity index (χ1v) is 7.91. The van der Waals surface area contributed by atoms with E-state index in [1.165, 1.54) is 0 Å². The maximum Gasteiger partial charge on any atom is 0.192 e. The maximum atomic E-state index is 13.6. The lowest BCUT2D eigenvalue weighted by molar-refractivity contribution is 0.581. The van der Waals surface area contributed by atoms with Crippen LogP contribution in [-0.4, -0.2) is 8.42 Å². The van der Waals surface area contributed by atoms with Gasteiger partial charge in [-0.15, -0.1) is 0 Å². The van der Waals surface area contributed by atoms with Gasteiger partial charge in [0, 0.05) is 11.6 Å². The minimum Gasteiger partial charge on any atom is -0.223 e. The number of nitriles is 1. The highest BCUT2D eigenvalue weighted by atomic mass is 32.2. The number of benzene rings is 2. The van der Waals surface area contributed by atoms with Gasteiger partial charge in [-0.2, -0.15) is 5.26 Å². The molecule has 2 rings (SSSR count). The normalized spacial score (nSPS) is 12.0. The monoisotopic (exact) mass is 319 g/mol. The lowest BCUT2D eigenvalue weighted by Gasteiger charge is -2.04. The fraction of sp³-hybridized carbons (Fsp3) is 0.0625. The molecule has 3 nitrogen and oxygen atoms in total. The number of hydrogen-bond acceptors (Lipinski definition) is 3. The van der Waals surface area contributed by atoms with Crippen LogP contribution >= 0.6 is 0 Å². The molecule has 0 heterocycles. The van der Waals surface area contributed by atoms with E-state index in [2.05, 4.69) is 0 Å². The zero-order valence-corrected chi connectivity index (χ0v) is 12.1. The molecule has 2 aromatic carbocycles. The molecule has 0 fully saturated rings. The van der Waals surface area contributed by atoms with Crippen molar-refractivity contribution in [1.29, 1.82) is 5.26 Å². The molecule has 22 heavy (non-hydrogen) atoms. The molecule has 6 heteroatoms. The average Bonchev–Trinajstić information content (AvgIpc) is 2.46. The number of allylic oxidation sites excluding steroid dienone is 1. The van der Waals surface area contributed by atoms with Gasteiger partial charge in [-0.25, -0.2) is 17.2 Å². The summed E-state index contributed by atoms with van der Waals surface area (Å²) in [6.07, 6.45) is 0.910. The number of rotatable bonds is 4. The minimum absolute atomic E-state index is 0.158. The van der Waals surface area contributed by atoms with Gasteiger partial charge in [-0.1, -0.05) is 30.3 Å². The molecular weight excluding hydrogens is 308 g/mol. The van der Waals surface area contributed by atoms with Crippen LogP contribution in [0.25, 0.3) is 6.08 Å². The first-order chi connectivity index (χ1) is 10.4. The van der Waals surface area contributed by atoms with Crippen molar-refractivity contribution in [1.82, 2.24) is 0 Å². The Morgan fingerprint density at radius 2 is 1.82 bits per heavy atom. The van der Waals surface area contributed by atoms with Gasteiger partial charge in [0.05, 0.1) is 5.75 Å². The van der Waals surface area contributed by atoms with E-state index in [1.54, 1.807) is 36.4 Å². The van der Waals surface area contributed by atoms with Gasteiger partial charge in [0.15, 0.2) is 9.84 Å². The maximum absolute atomic E-state index is 13.6. The summed E-state index contributed by atoms with van der Waals surface area (Å²) in [5.74, 6) is -2.07. The van der Waals surface area contributed by atoms with E-state index in [1.807, 2.05) is 0 Å². The van der Waals surface area contributed by atoms with Crippen LogP contribution in [0.4, 0.5) is 8.78 Å². The van der Waals surface area contributed by atoms with Crippen molar-refractivity contribution in [2.24, 2.45) is 0 Å². The van der Waals surface area contributed by atoms with Crippen molar-refractivity contribution in [2.75, 3.05) is 0 Å². The first kappa shape index (κ1) is 15.9. The molecule has 0 aliphatic carbocycles. The van der Waals surface area contributed by atoms with Crippen molar-refractivity contribution in [3.63, 3.8) is 0 Å². The Hall–Kier alpha value is -2.52. The lowest BCUT2D eigenvalue weighted by Crippen LogP contribution is -2.06. The van der Waals surface area contributed by atoms with Crippen LogP contribution in [-0.2, 0) is 15.6 Å². The molecule has 2 aromatic rings. The third-order valence-corrected chi connectivity index (χ3v) is 4.49. The van der Waals surface area contributed by atoms with E-state index in [0.717, 1.165) is 18.2 Å². The summed E-state index contributed by atoms with van der Waals surface area (Å²) in [5.41, 5.74) is 0.359. The van der Waals surface area contributed by atoms with Crippen molar-refractivity contribution >= 4 is 15.9 Å². The van der Waals surface area contributed by atoms with Gasteiger partial charge in [0.25, 0.3) is 0 Å². The van der Waals surface area contributed by atoms with Crippen LogP contribution in [0.3, 0.4) is 0 Å². The molecule has 0 spiro atoms. The molecule has 0 radical (unpaired) electrons. The average molecular weight is 319 g/mol. The lowest BCUT2D eigenvalue weighted by atomic mass is 10.2.